The van der Waals surface area contributed by atoms with Gasteiger partial charge in [-0.25, -0.2) is 9.99 Å². The van der Waals surface area contributed by atoms with Crippen LogP contribution in [0.3, 0.4) is 0 Å². The van der Waals surface area contributed by atoms with E-state index in [2.05, 4.69) is 11.9 Å². The molecule has 4 heteroatoms. The number of pyridine rings is 1. The molecule has 1 saturated heterocycles. The summed E-state index contributed by atoms with van der Waals surface area (Å²) in [7, 11) is 0. The summed E-state index contributed by atoms with van der Waals surface area (Å²) in [6.45, 7) is 3.22. The summed E-state index contributed by atoms with van der Waals surface area (Å²) in [5.41, 5.74) is 1.16. The van der Waals surface area contributed by atoms with Crippen LogP contribution in [-0.2, 0) is 0 Å². The third kappa shape index (κ3) is 2.48. The molecule has 1 aromatic rings. The fraction of sp³-hybridized carbons (Fsp3) is 0.545. The number of hydrogen-bond acceptors (Lipinski definition) is 3. The quantitative estimate of drug-likeness (QED) is 0.590. The molecule has 0 aromatic carbocycles. The Morgan fingerprint density at radius 3 is 3.00 bits per heavy atom. The minimum absolute atomic E-state index is 0.290. The summed E-state index contributed by atoms with van der Waals surface area (Å²) in [6, 6.07) is 4.13. The zero-order valence-electron chi connectivity index (χ0n) is 8.86. The van der Waals surface area contributed by atoms with Gasteiger partial charge in [0.2, 0.25) is 0 Å². The van der Waals surface area contributed by atoms with Gasteiger partial charge in [0.15, 0.2) is 0 Å². The first-order chi connectivity index (χ1) is 7.16. The smallest absolute Gasteiger partial charge is 0.129 e. The maximum absolute atomic E-state index is 5.98. The van der Waals surface area contributed by atoms with E-state index in [4.69, 9.17) is 17.4 Å². The van der Waals surface area contributed by atoms with Crippen LogP contribution in [0.4, 0.5) is 0 Å². The van der Waals surface area contributed by atoms with Crippen molar-refractivity contribution >= 4 is 11.6 Å². The third-order valence-corrected chi connectivity index (χ3v) is 3.26. The molecule has 0 bridgehead atoms. The van der Waals surface area contributed by atoms with Crippen molar-refractivity contribution in [3.63, 3.8) is 0 Å². The van der Waals surface area contributed by atoms with Crippen LogP contribution in [0.2, 0.25) is 5.15 Å². The topological polar surface area (TPSA) is 42.1 Å². The predicted octanol–water partition coefficient (Wildman–Crippen LogP) is 2.38. The van der Waals surface area contributed by atoms with Crippen LogP contribution >= 0.6 is 11.6 Å². The van der Waals surface area contributed by atoms with E-state index in [0.717, 1.165) is 24.4 Å². The molecule has 2 heterocycles. The maximum atomic E-state index is 5.98. The Bertz CT molecular complexity index is 325. The molecule has 1 aliphatic rings. The summed E-state index contributed by atoms with van der Waals surface area (Å²) in [4.78, 5) is 4.10. The van der Waals surface area contributed by atoms with E-state index < -0.39 is 0 Å². The Hall–Kier alpha value is -0.640. The van der Waals surface area contributed by atoms with Crippen LogP contribution in [0.5, 0.6) is 0 Å². The highest BCUT2D eigenvalue weighted by Crippen LogP contribution is 2.31. The Morgan fingerprint density at radius 2 is 2.33 bits per heavy atom. The lowest BCUT2D eigenvalue weighted by atomic mass is 9.90. The minimum Gasteiger partial charge on any atom is -0.268 e. The van der Waals surface area contributed by atoms with Crippen molar-refractivity contribution in [1.82, 2.24) is 9.99 Å². The van der Waals surface area contributed by atoms with Crippen molar-refractivity contribution in [3.05, 3.63) is 29.0 Å². The second-order valence-corrected chi connectivity index (χ2v) is 4.68. The zero-order valence-corrected chi connectivity index (χ0v) is 9.61. The lowest BCUT2D eigenvalue weighted by Gasteiger charge is -2.35. The Morgan fingerprint density at radius 1 is 1.53 bits per heavy atom. The van der Waals surface area contributed by atoms with Crippen LogP contribution < -0.4 is 5.84 Å². The highest BCUT2D eigenvalue weighted by molar-refractivity contribution is 6.29. The standard InChI is InChI=1S/C11H16ClN3/c1-8-4-5-15(13)10(6-8)9-2-3-11(12)14-7-9/h2-3,7-8,10H,4-6,13H2,1H3. The van der Waals surface area contributed by atoms with E-state index in [-0.39, 0.29) is 0 Å². The van der Waals surface area contributed by atoms with Crippen molar-refractivity contribution in [2.24, 2.45) is 11.8 Å². The molecule has 1 fully saturated rings. The Kier molecular flexibility index (Phi) is 3.24. The summed E-state index contributed by atoms with van der Waals surface area (Å²) in [6.07, 6.45) is 4.10. The first-order valence-electron chi connectivity index (χ1n) is 5.29. The number of nitrogens with zero attached hydrogens (tertiary/aromatic N) is 2. The number of aromatic nitrogens is 1. The molecule has 2 atom stereocenters. The molecule has 0 aliphatic carbocycles. The molecule has 3 nitrogen and oxygen atoms in total. The summed E-state index contributed by atoms with van der Waals surface area (Å²) < 4.78 is 0. The van der Waals surface area contributed by atoms with Crippen molar-refractivity contribution in [2.75, 3.05) is 6.54 Å². The van der Waals surface area contributed by atoms with Gasteiger partial charge in [0.05, 0.1) is 6.04 Å². The fourth-order valence-electron chi connectivity index (χ4n) is 2.07. The van der Waals surface area contributed by atoms with Gasteiger partial charge < -0.3 is 0 Å². The summed E-state index contributed by atoms with van der Waals surface area (Å²) in [5, 5.41) is 2.44. The molecule has 2 N–H and O–H groups in total. The molecule has 0 spiro atoms. The monoisotopic (exact) mass is 225 g/mol. The average Bonchev–Trinajstić information content (AvgIpc) is 2.23. The molecule has 2 rings (SSSR count). The van der Waals surface area contributed by atoms with Gasteiger partial charge in [0, 0.05) is 12.7 Å². The molecule has 82 valence electrons. The van der Waals surface area contributed by atoms with Crippen LogP contribution in [0.25, 0.3) is 0 Å². The van der Waals surface area contributed by atoms with Crippen molar-refractivity contribution in [1.29, 1.82) is 0 Å². The van der Waals surface area contributed by atoms with Gasteiger partial charge in [-0.05, 0) is 30.4 Å². The Balaban J connectivity index is 2.17. The van der Waals surface area contributed by atoms with Crippen molar-refractivity contribution in [2.45, 2.75) is 25.8 Å². The van der Waals surface area contributed by atoms with Crippen LogP contribution in [-0.4, -0.2) is 16.5 Å². The molecule has 0 saturated carbocycles. The molecule has 0 amide bonds. The number of hydrazine groups is 1. The lowest BCUT2D eigenvalue weighted by molar-refractivity contribution is 0.119. The van der Waals surface area contributed by atoms with E-state index in [1.807, 2.05) is 23.3 Å². The summed E-state index contributed by atoms with van der Waals surface area (Å²) >= 11 is 5.76. The van der Waals surface area contributed by atoms with Gasteiger partial charge in [-0.1, -0.05) is 24.6 Å². The summed E-state index contributed by atoms with van der Waals surface area (Å²) in [5.74, 6) is 6.71. The zero-order chi connectivity index (χ0) is 10.8. The molecule has 2 unspecified atom stereocenters. The fourth-order valence-corrected chi connectivity index (χ4v) is 2.18. The number of halogens is 1. The highest BCUT2D eigenvalue weighted by atomic mass is 35.5. The van der Waals surface area contributed by atoms with E-state index in [0.29, 0.717) is 11.2 Å². The maximum Gasteiger partial charge on any atom is 0.129 e. The molecular formula is C11H16ClN3. The SMILES string of the molecule is CC1CCN(N)C(c2ccc(Cl)nc2)C1. The first-order valence-corrected chi connectivity index (χ1v) is 5.67. The van der Waals surface area contributed by atoms with E-state index in [1.165, 1.54) is 6.42 Å². The van der Waals surface area contributed by atoms with Crippen molar-refractivity contribution < 1.29 is 0 Å². The van der Waals surface area contributed by atoms with Gasteiger partial charge >= 0.3 is 0 Å². The highest BCUT2D eigenvalue weighted by Gasteiger charge is 2.25. The number of hydrogen-bond donors (Lipinski definition) is 1. The third-order valence-electron chi connectivity index (χ3n) is 3.04. The van der Waals surface area contributed by atoms with Crippen LogP contribution in [0.15, 0.2) is 18.3 Å². The molecule has 0 radical (unpaired) electrons. The molecule has 15 heavy (non-hydrogen) atoms. The van der Waals surface area contributed by atoms with E-state index in [9.17, 15) is 0 Å². The minimum atomic E-state index is 0.290. The largest absolute Gasteiger partial charge is 0.268 e. The first kappa shape index (κ1) is 10.9. The second-order valence-electron chi connectivity index (χ2n) is 4.30. The van der Waals surface area contributed by atoms with Crippen molar-refractivity contribution in [3.8, 4) is 0 Å². The normalized spacial score (nSPS) is 27.9. The van der Waals surface area contributed by atoms with Gasteiger partial charge in [-0.15, -0.1) is 0 Å². The Labute approximate surface area is 95.2 Å². The van der Waals surface area contributed by atoms with Gasteiger partial charge in [0.1, 0.15) is 5.15 Å². The lowest BCUT2D eigenvalue weighted by Crippen LogP contribution is -2.41. The number of nitrogens with two attached hydrogens (primary N) is 1. The van der Waals surface area contributed by atoms with Gasteiger partial charge in [0.25, 0.3) is 0 Å². The second kappa shape index (κ2) is 4.47. The molecule has 1 aliphatic heterocycles. The molecular weight excluding hydrogens is 210 g/mol. The number of piperidine rings is 1. The van der Waals surface area contributed by atoms with Crippen LogP contribution in [0.1, 0.15) is 31.4 Å². The van der Waals surface area contributed by atoms with Crippen LogP contribution in [0, 0.1) is 5.92 Å². The van der Waals surface area contributed by atoms with E-state index >= 15 is 0 Å². The van der Waals surface area contributed by atoms with Gasteiger partial charge in [-0.3, -0.25) is 5.84 Å². The number of rotatable bonds is 1. The predicted molar refractivity (Wildman–Crippen MR) is 61.3 cm³/mol. The van der Waals surface area contributed by atoms with E-state index in [1.54, 1.807) is 0 Å². The average molecular weight is 226 g/mol. The molecule has 1 aromatic heterocycles. The van der Waals surface area contributed by atoms with Gasteiger partial charge in [-0.2, -0.15) is 0 Å².